The maximum absolute atomic E-state index is 11.6. The molecule has 0 fully saturated rings. The smallest absolute Gasteiger partial charge is 0.331 e. The molecule has 8 heteroatoms. The van der Waals surface area contributed by atoms with E-state index in [0.29, 0.717) is 0 Å². The van der Waals surface area contributed by atoms with E-state index < -0.39 is 23.3 Å². The van der Waals surface area contributed by atoms with E-state index in [0.717, 1.165) is 0 Å². The molecule has 0 aromatic heterocycles. The molecule has 0 aliphatic carbocycles. The van der Waals surface area contributed by atoms with Crippen molar-refractivity contribution in [2.75, 3.05) is 13.6 Å². The number of carboxylic acid groups (broad SMARTS) is 1. The Morgan fingerprint density at radius 2 is 1.57 bits per heavy atom. The minimum Gasteiger partial charge on any atom is -0.478 e. The van der Waals surface area contributed by atoms with Crippen molar-refractivity contribution in [2.45, 2.75) is 27.7 Å². The zero-order valence-electron chi connectivity index (χ0n) is 12.8. The van der Waals surface area contributed by atoms with E-state index >= 15 is 0 Å². The Hall–Kier alpha value is -2.38. The van der Waals surface area contributed by atoms with Crippen molar-refractivity contribution in [2.24, 2.45) is 5.41 Å². The second-order valence-electron chi connectivity index (χ2n) is 5.15. The summed E-state index contributed by atoms with van der Waals surface area (Å²) in [5, 5.41) is 15.6. The molecule has 0 radical (unpaired) electrons. The third kappa shape index (κ3) is 5.64. The van der Waals surface area contributed by atoms with Crippen LogP contribution in [0.15, 0.2) is 11.1 Å². The lowest BCUT2D eigenvalue weighted by Crippen LogP contribution is -2.47. The van der Waals surface area contributed by atoms with Gasteiger partial charge in [-0.3, -0.25) is 14.9 Å². The second kappa shape index (κ2) is 7.41. The lowest BCUT2D eigenvalue weighted by atomic mass is 9.92. The standard InChI is InChI=1S/C13H21N3O5/c1-7(8(2)10(18)19)9(17)16-12(21)15-6-13(3,4)11(20)14-5/h6H2,1-5H3,(H,14,20)(H,18,19)(H2,15,16,17,21). The van der Waals surface area contributed by atoms with Crippen LogP contribution in [0.4, 0.5) is 4.79 Å². The molecule has 0 rings (SSSR count). The average molecular weight is 299 g/mol. The Bertz CT molecular complexity index is 494. The summed E-state index contributed by atoms with van der Waals surface area (Å²) < 4.78 is 0. The van der Waals surface area contributed by atoms with Gasteiger partial charge >= 0.3 is 12.0 Å². The van der Waals surface area contributed by atoms with Crippen LogP contribution >= 0.6 is 0 Å². The molecule has 4 amide bonds. The number of carboxylic acids is 1. The zero-order valence-corrected chi connectivity index (χ0v) is 12.8. The number of carbonyl (C=O) groups is 4. The number of hydrogen-bond acceptors (Lipinski definition) is 4. The van der Waals surface area contributed by atoms with Crippen LogP contribution in [-0.2, 0) is 14.4 Å². The molecule has 0 aliphatic rings. The Morgan fingerprint density at radius 3 is 2.00 bits per heavy atom. The van der Waals surface area contributed by atoms with Gasteiger partial charge < -0.3 is 15.7 Å². The molecule has 4 N–H and O–H groups in total. The highest BCUT2D eigenvalue weighted by Crippen LogP contribution is 2.12. The molecule has 0 saturated heterocycles. The number of nitrogens with one attached hydrogen (secondary N) is 3. The van der Waals surface area contributed by atoms with Gasteiger partial charge in [-0.2, -0.15) is 0 Å². The lowest BCUT2D eigenvalue weighted by Gasteiger charge is -2.22. The van der Waals surface area contributed by atoms with Gasteiger partial charge in [-0.15, -0.1) is 0 Å². The summed E-state index contributed by atoms with van der Waals surface area (Å²) in [6, 6.07) is -0.797. The summed E-state index contributed by atoms with van der Waals surface area (Å²) in [6.45, 7) is 5.86. The number of imide groups is 1. The molecule has 0 bridgehead atoms. The van der Waals surface area contributed by atoms with Gasteiger partial charge in [0.05, 0.1) is 5.41 Å². The van der Waals surface area contributed by atoms with Crippen LogP contribution < -0.4 is 16.0 Å². The van der Waals surface area contributed by atoms with Crippen molar-refractivity contribution in [1.29, 1.82) is 0 Å². The topological polar surface area (TPSA) is 125 Å². The summed E-state index contributed by atoms with van der Waals surface area (Å²) in [5.74, 6) is -2.29. The molecule has 0 aliphatic heterocycles. The number of urea groups is 1. The number of hydrogen-bond donors (Lipinski definition) is 4. The van der Waals surface area contributed by atoms with Crippen LogP contribution in [0.3, 0.4) is 0 Å². The fraction of sp³-hybridized carbons (Fsp3) is 0.538. The maximum atomic E-state index is 11.6. The van der Waals surface area contributed by atoms with E-state index in [2.05, 4.69) is 10.6 Å². The van der Waals surface area contributed by atoms with Gasteiger partial charge in [-0.1, -0.05) is 0 Å². The lowest BCUT2D eigenvalue weighted by molar-refractivity contribution is -0.133. The molecule has 0 aromatic carbocycles. The molecule has 0 atom stereocenters. The molecule has 21 heavy (non-hydrogen) atoms. The van der Waals surface area contributed by atoms with E-state index in [1.54, 1.807) is 13.8 Å². The molecule has 8 nitrogen and oxygen atoms in total. The van der Waals surface area contributed by atoms with E-state index in [4.69, 9.17) is 5.11 Å². The van der Waals surface area contributed by atoms with Crippen molar-refractivity contribution in [1.82, 2.24) is 16.0 Å². The number of amides is 4. The van der Waals surface area contributed by atoms with Crippen LogP contribution in [0.1, 0.15) is 27.7 Å². The zero-order chi connectivity index (χ0) is 16.8. The first-order chi connectivity index (χ1) is 9.52. The van der Waals surface area contributed by atoms with E-state index in [1.165, 1.54) is 20.9 Å². The molecule has 118 valence electrons. The molecule has 0 heterocycles. The molecule has 0 saturated carbocycles. The number of carbonyl (C=O) groups excluding carboxylic acids is 3. The minimum atomic E-state index is -1.23. The summed E-state index contributed by atoms with van der Waals surface area (Å²) >= 11 is 0. The highest BCUT2D eigenvalue weighted by Gasteiger charge is 2.27. The van der Waals surface area contributed by atoms with Gasteiger partial charge in [0.25, 0.3) is 5.91 Å². The van der Waals surface area contributed by atoms with Crippen molar-refractivity contribution in [3.8, 4) is 0 Å². The number of aliphatic carboxylic acids is 1. The van der Waals surface area contributed by atoms with Crippen molar-refractivity contribution < 1.29 is 24.3 Å². The van der Waals surface area contributed by atoms with Gasteiger partial charge in [0.2, 0.25) is 5.91 Å². The third-order valence-corrected chi connectivity index (χ3v) is 2.98. The first-order valence-corrected chi connectivity index (χ1v) is 6.25. The van der Waals surface area contributed by atoms with Crippen LogP contribution in [-0.4, -0.2) is 42.5 Å². The van der Waals surface area contributed by atoms with E-state index in [9.17, 15) is 19.2 Å². The summed E-state index contributed by atoms with van der Waals surface area (Å²) in [7, 11) is 1.48. The van der Waals surface area contributed by atoms with Crippen LogP contribution in [0.2, 0.25) is 0 Å². The third-order valence-electron chi connectivity index (χ3n) is 2.98. The Balaban J connectivity index is 4.60. The Labute approximate surface area is 123 Å². The normalized spacial score (nSPS) is 12.0. The Kier molecular flexibility index (Phi) is 6.57. The summed E-state index contributed by atoms with van der Waals surface area (Å²) in [4.78, 5) is 45.4. The fourth-order valence-corrected chi connectivity index (χ4v) is 1.29. The second-order valence-corrected chi connectivity index (χ2v) is 5.15. The molecular formula is C13H21N3O5. The quantitative estimate of drug-likeness (QED) is 0.532. The highest BCUT2D eigenvalue weighted by atomic mass is 16.4. The van der Waals surface area contributed by atoms with Crippen molar-refractivity contribution in [3.63, 3.8) is 0 Å². The number of rotatable bonds is 5. The minimum absolute atomic E-state index is 0.0203. The van der Waals surface area contributed by atoms with Gasteiger partial charge in [0.15, 0.2) is 0 Å². The van der Waals surface area contributed by atoms with Crippen LogP contribution in [0, 0.1) is 5.41 Å². The SMILES string of the molecule is CNC(=O)C(C)(C)CNC(=O)NC(=O)C(C)=C(C)C(=O)O. The first-order valence-electron chi connectivity index (χ1n) is 6.25. The fourth-order valence-electron chi connectivity index (χ4n) is 1.29. The Morgan fingerprint density at radius 1 is 1.05 bits per heavy atom. The van der Waals surface area contributed by atoms with E-state index in [1.807, 2.05) is 5.32 Å². The molecule has 0 unspecified atom stereocenters. The van der Waals surface area contributed by atoms with Gasteiger partial charge in [0, 0.05) is 24.7 Å². The summed E-state index contributed by atoms with van der Waals surface area (Å²) in [6.07, 6.45) is 0. The first kappa shape index (κ1) is 18.6. The largest absolute Gasteiger partial charge is 0.478 e. The predicted molar refractivity (Wildman–Crippen MR) is 75.4 cm³/mol. The molecular weight excluding hydrogens is 278 g/mol. The van der Waals surface area contributed by atoms with E-state index in [-0.39, 0.29) is 23.6 Å². The molecule has 0 aromatic rings. The monoisotopic (exact) mass is 299 g/mol. The maximum Gasteiger partial charge on any atom is 0.331 e. The average Bonchev–Trinajstić information content (AvgIpc) is 2.42. The van der Waals surface area contributed by atoms with Crippen LogP contribution in [0.25, 0.3) is 0 Å². The van der Waals surface area contributed by atoms with Gasteiger partial charge in [-0.25, -0.2) is 9.59 Å². The summed E-state index contributed by atoms with van der Waals surface area (Å²) in [5.41, 5.74) is -1.05. The predicted octanol–water partition coefficient (Wildman–Crippen LogP) is 0.00540. The van der Waals surface area contributed by atoms with Gasteiger partial charge in [-0.05, 0) is 27.7 Å². The van der Waals surface area contributed by atoms with Crippen molar-refractivity contribution in [3.05, 3.63) is 11.1 Å². The van der Waals surface area contributed by atoms with Crippen LogP contribution in [0.5, 0.6) is 0 Å². The van der Waals surface area contributed by atoms with Gasteiger partial charge in [0.1, 0.15) is 0 Å². The molecule has 0 spiro atoms. The highest BCUT2D eigenvalue weighted by molar-refractivity contribution is 6.07. The van der Waals surface area contributed by atoms with Crippen molar-refractivity contribution >= 4 is 23.8 Å².